The Hall–Kier alpha value is -11.8. The van der Waals surface area contributed by atoms with Crippen molar-refractivity contribution in [3.63, 3.8) is 0 Å². The van der Waals surface area contributed by atoms with Gasteiger partial charge in [-0.05, 0) is 286 Å². The minimum atomic E-state index is -4.67. The van der Waals surface area contributed by atoms with Crippen LogP contribution in [0.2, 0.25) is 10.0 Å². The molecule has 11 aromatic rings. The number of carbonyl (C=O) groups excluding carboxylic acids is 2. The summed E-state index contributed by atoms with van der Waals surface area (Å²) in [6.45, 7) is 0.868. The van der Waals surface area contributed by atoms with Crippen LogP contribution in [-0.4, -0.2) is 102 Å². The first-order chi connectivity index (χ1) is 60.7. The molecule has 0 unspecified atom stereocenters. The first kappa shape index (κ1) is 103. The number of nitrogens with zero attached hydrogens (tertiary/aromatic N) is 6. The topological polar surface area (TPSA) is 443 Å². The highest BCUT2D eigenvalue weighted by Gasteiger charge is 2.34. The molecule has 0 radical (unpaired) electrons. The van der Waals surface area contributed by atoms with E-state index in [0.29, 0.717) is 60.7 Å². The highest BCUT2D eigenvalue weighted by molar-refractivity contribution is 8.13. The van der Waals surface area contributed by atoms with Gasteiger partial charge in [-0.3, -0.25) is 51.8 Å². The number of hydrogen-bond acceptors (Lipinski definition) is 19. The molecule has 5 aliphatic rings. The van der Waals surface area contributed by atoms with Crippen LogP contribution >= 0.6 is 45.5 Å². The van der Waals surface area contributed by atoms with E-state index in [1.54, 1.807) is 53.6 Å². The second-order valence-corrected chi connectivity index (χ2v) is 38.3. The Morgan fingerprint density at radius 1 is 0.388 bits per heavy atom. The van der Waals surface area contributed by atoms with Crippen LogP contribution in [-0.2, 0) is 94.5 Å². The number of hydrogen-bond donors (Lipinski definition) is 5. The lowest BCUT2D eigenvalue weighted by atomic mass is 9.91. The minimum absolute atomic E-state index is 0.0315. The van der Waals surface area contributed by atoms with Gasteiger partial charge in [-0.1, -0.05) is 83.9 Å². The number of amides is 1. The summed E-state index contributed by atoms with van der Waals surface area (Å²) in [7, 11) is -14.9. The van der Waals surface area contributed by atoms with Gasteiger partial charge in [0.25, 0.3) is 66.7 Å². The quantitative estimate of drug-likeness (QED) is 0.0189. The predicted octanol–water partition coefficient (Wildman–Crippen LogP) is 19.1. The molecule has 1 amide bonds. The summed E-state index contributed by atoms with van der Waals surface area (Å²) in [5.74, 6) is -4.22. The van der Waals surface area contributed by atoms with Gasteiger partial charge < -0.3 is 16.3 Å². The van der Waals surface area contributed by atoms with Crippen molar-refractivity contribution in [3.05, 3.63) is 356 Å². The number of nitrogens with two attached hydrogens (primary N) is 1. The number of benzene rings is 11. The zero-order chi connectivity index (χ0) is 94.9. The molecule has 129 heavy (non-hydrogen) atoms. The highest BCUT2D eigenvalue weighted by atomic mass is 35.7. The SMILES string of the molecule is Nc1ccc2c(c1)N(S(=O)(=O)c1ccc(F)cc1)CCC2.O=C(Cl)c1c(F)cccc1Cl.O=C(Nc1ccc2c(c1)N(S(=O)(=O)c1ccc(F)cc1)CCC2)c1c(F)cccc1Cl.O=S(=O)(Cl)c1ccc(F)cc1.O=S(=O)(O)O.O=[N+]([O-])O.O=[N+]([O-])c1ccc2c(c1)CCCC2.O=[N+]([O-])c1ccc2c(c1)N(S(=O)(=O)c1ccc(F)cc1)CCC2.c1ccc2c(c1)CCCC2. The maximum atomic E-state index is 14.1. The summed E-state index contributed by atoms with van der Waals surface area (Å²) in [6.07, 6.45) is 13.9. The molecule has 11 aromatic carbocycles. The van der Waals surface area contributed by atoms with E-state index in [1.807, 2.05) is 12.1 Å². The van der Waals surface area contributed by atoms with Crippen molar-refractivity contribution in [1.29, 1.82) is 0 Å². The highest BCUT2D eigenvalue weighted by Crippen LogP contribution is 2.39. The number of sulfonamides is 3. The lowest BCUT2D eigenvalue weighted by Crippen LogP contribution is -2.35. The fraction of sp³-hybridized carbons (Fsp3) is 0.200. The van der Waals surface area contributed by atoms with Crippen molar-refractivity contribution >= 4 is 146 Å². The zero-order valence-electron chi connectivity index (χ0n) is 67.2. The number of non-ortho nitro benzene ring substituents is 2. The third kappa shape index (κ3) is 29.9. The number of nitro groups is 2. The minimum Gasteiger partial charge on any atom is -0.399 e. The molecule has 0 aromatic heterocycles. The maximum Gasteiger partial charge on any atom is 0.394 e. The molecule has 2 aliphatic carbocycles. The number of anilines is 5. The van der Waals surface area contributed by atoms with Crippen molar-refractivity contribution in [2.75, 3.05) is 43.6 Å². The van der Waals surface area contributed by atoms with Crippen LogP contribution < -0.4 is 24.0 Å². The molecule has 684 valence electrons. The van der Waals surface area contributed by atoms with Crippen LogP contribution in [0.25, 0.3) is 0 Å². The number of halogens is 10. The summed E-state index contributed by atoms with van der Waals surface area (Å²) in [4.78, 5) is 51.9. The molecule has 0 fully saturated rings. The summed E-state index contributed by atoms with van der Waals surface area (Å²) in [5.41, 5.74) is 15.5. The second-order valence-electron chi connectivity index (χ2n) is 28.1. The van der Waals surface area contributed by atoms with E-state index in [0.717, 1.165) is 126 Å². The molecular weight excluding hydrogens is 1890 g/mol. The van der Waals surface area contributed by atoms with Gasteiger partial charge in [0.15, 0.2) is 0 Å². The van der Waals surface area contributed by atoms with Crippen molar-refractivity contribution in [2.45, 2.75) is 109 Å². The van der Waals surface area contributed by atoms with Gasteiger partial charge in [-0.2, -0.15) is 8.42 Å². The van der Waals surface area contributed by atoms with Gasteiger partial charge in [-0.15, -0.1) is 10.1 Å². The second kappa shape index (κ2) is 46.4. The standard InChI is InChI=1S/C22H17ClF2N2O3S.C15H13FN2O4S.C15H15FN2O2S.C10H11NO2.C10H12.C7H3Cl2FO.C6H4ClFO2S.HNO3.H2O4S/c23-18-4-1-5-19(25)21(18)22(28)26-16-9-6-14-3-2-12-27(20(14)13-16)31(29,30)17-10-7-15(24)8-11-17;16-12-4-7-14(8-5-12)23(21,22)17-9-1-2-11-3-6-13(18(19)20)10-15(11)17;16-12-4-7-14(8-5-12)21(19,20)18-9-1-2-11-3-6-13(17)10-15(11)18;12-11(13)10-6-5-8-3-1-2-4-9(8)7-10;1-2-6-10-8-4-3-7-9(10)5-1;8-4-2-1-3-5(10)6(4)7(9)11;7-11(9,10)6-3-1-5(8)2-4-6;2-1(3)4;1-5(2,3)4/h1,4-11,13H,2-3,12H2,(H,26,28);3-8,10H,1-2,9H2;3-8,10H,1-2,9,17H2;5-7H,1-4H2;1-2,5-6H,3-4,7-8H2;1-3H;1-4H;(H,2,3,4);(H2,1,2,3,4). The van der Waals surface area contributed by atoms with E-state index < -0.39 is 106 Å². The molecule has 0 saturated carbocycles. The number of nitrogen functional groups attached to an aromatic ring is 1. The van der Waals surface area contributed by atoms with Gasteiger partial charge in [-0.25, -0.2) is 60.0 Å². The Morgan fingerprint density at radius 2 is 0.698 bits per heavy atom. The first-order valence-corrected chi connectivity index (χ1v) is 47.5. The summed E-state index contributed by atoms with van der Waals surface area (Å²) >= 11 is 16.5. The number of nitrogens with one attached hydrogen (secondary N) is 1. The third-order valence-electron chi connectivity index (χ3n) is 19.4. The monoisotopic (exact) mass is 1960 g/mol. The van der Waals surface area contributed by atoms with Crippen LogP contribution in [0.1, 0.15) is 105 Å². The van der Waals surface area contributed by atoms with Crippen LogP contribution in [0.5, 0.6) is 0 Å². The lowest BCUT2D eigenvalue weighted by molar-refractivity contribution is -0.742. The Kier molecular flexibility index (Phi) is 36.9. The maximum absolute atomic E-state index is 14.1. The fourth-order valence-electron chi connectivity index (χ4n) is 13.5. The van der Waals surface area contributed by atoms with E-state index in [4.69, 9.17) is 84.1 Å². The molecule has 0 atom stereocenters. The third-order valence-corrected chi connectivity index (χ3v) is 27.1. The lowest BCUT2D eigenvalue weighted by Gasteiger charge is -2.31. The van der Waals surface area contributed by atoms with Crippen LogP contribution in [0.3, 0.4) is 0 Å². The zero-order valence-corrected chi connectivity index (χ0v) is 74.3. The summed E-state index contributed by atoms with van der Waals surface area (Å²) in [5, 5.41) is 36.8. The summed E-state index contributed by atoms with van der Waals surface area (Å²) in [6, 6.07) is 54.6. The van der Waals surface area contributed by atoms with Crippen molar-refractivity contribution < 1.29 is 107 Å². The number of carbonyl (C=O) groups is 2. The van der Waals surface area contributed by atoms with Gasteiger partial charge in [0.05, 0.1) is 67.7 Å². The van der Waals surface area contributed by atoms with Crippen LogP contribution in [0.15, 0.2) is 250 Å². The molecule has 0 spiro atoms. The molecule has 29 nitrogen and oxygen atoms in total. The number of fused-ring (bicyclic) bond motifs is 5. The van der Waals surface area contributed by atoms with Gasteiger partial charge >= 0.3 is 10.4 Å². The Bertz CT molecular complexity index is 6420. The van der Waals surface area contributed by atoms with E-state index in [9.17, 15) is 89.8 Å². The average Bonchev–Trinajstić information content (AvgIpc) is 0.775. The van der Waals surface area contributed by atoms with Crippen LogP contribution in [0.4, 0.5) is 66.2 Å². The Labute approximate surface area is 756 Å². The van der Waals surface area contributed by atoms with Crippen molar-refractivity contribution in [1.82, 2.24) is 0 Å². The number of rotatable bonds is 12. The number of aryl methyl sites for hydroxylation is 7. The molecule has 44 heteroatoms. The molecule has 16 rings (SSSR count). The van der Waals surface area contributed by atoms with Crippen LogP contribution in [0, 0.1) is 65.2 Å². The van der Waals surface area contributed by atoms with Crippen molar-refractivity contribution in [2.24, 2.45) is 0 Å². The molecule has 0 saturated heterocycles. The first-order valence-electron chi connectivity index (χ1n) is 38.3. The summed E-state index contributed by atoms with van der Waals surface area (Å²) < 4.78 is 212. The molecule has 3 aliphatic heterocycles. The van der Waals surface area contributed by atoms with Gasteiger partial charge in [0.2, 0.25) is 0 Å². The molecule has 0 bridgehead atoms. The average molecular weight is 1960 g/mol. The van der Waals surface area contributed by atoms with E-state index in [-0.39, 0.29) is 70.1 Å². The van der Waals surface area contributed by atoms with E-state index in [1.165, 1.54) is 131 Å². The normalized spacial score (nSPS) is 13.5. The molecule has 6 N–H and O–H groups in total. The predicted molar refractivity (Wildman–Crippen MR) is 474 cm³/mol. The molecular formula is C85H78Cl4F6N8O21S5. The van der Waals surface area contributed by atoms with E-state index >= 15 is 0 Å². The largest absolute Gasteiger partial charge is 0.399 e. The van der Waals surface area contributed by atoms with Crippen molar-refractivity contribution in [3.8, 4) is 0 Å². The Balaban J connectivity index is 0.000000189. The molecule has 3 heterocycles. The Morgan fingerprint density at radius 3 is 1.05 bits per heavy atom. The smallest absolute Gasteiger partial charge is 0.394 e. The van der Waals surface area contributed by atoms with E-state index in [2.05, 4.69) is 29.6 Å². The fourth-order valence-corrected chi connectivity index (χ4v) is 19.6. The number of nitro benzene ring substituents is 2. The van der Waals surface area contributed by atoms with Gasteiger partial charge in [0.1, 0.15) is 34.9 Å². The van der Waals surface area contributed by atoms with Gasteiger partial charge in [0, 0.05) is 66.0 Å².